The number of furan rings is 1. The second kappa shape index (κ2) is 7.50. The lowest BCUT2D eigenvalue weighted by atomic mass is 9.96. The van der Waals surface area contributed by atoms with E-state index >= 15 is 0 Å². The molecule has 2 heterocycles. The molecule has 0 aliphatic carbocycles. The summed E-state index contributed by atoms with van der Waals surface area (Å²) in [6.07, 6.45) is 0. The van der Waals surface area contributed by atoms with E-state index in [-0.39, 0.29) is 22.8 Å². The molecule has 0 bridgehead atoms. The maximum Gasteiger partial charge on any atom is 0.300 e. The normalized spacial score (nSPS) is 18.1. The van der Waals surface area contributed by atoms with E-state index in [0.29, 0.717) is 16.9 Å². The minimum absolute atomic E-state index is 0.0277. The third-order valence-corrected chi connectivity index (χ3v) is 5.30. The van der Waals surface area contributed by atoms with Crippen LogP contribution >= 0.6 is 0 Å². The molecule has 0 radical (unpaired) electrons. The molecule has 2 aromatic carbocycles. The molecule has 0 saturated carbocycles. The number of hydrogen-bond donors (Lipinski definition) is 1. The molecule has 1 N–H and O–H groups in total. The highest BCUT2D eigenvalue weighted by atomic mass is 19.2. The van der Waals surface area contributed by atoms with Gasteiger partial charge in [0.1, 0.15) is 23.3 Å². The zero-order valence-electron chi connectivity index (χ0n) is 17.1. The molecule has 1 fully saturated rings. The second-order valence-electron chi connectivity index (χ2n) is 7.53. The number of aliphatic hydroxyl groups excluding tert-OH is 1. The number of ketones is 1. The first kappa shape index (κ1) is 20.5. The molecule has 4 rings (SSSR count). The molecular weight excluding hydrogens is 404 g/mol. The van der Waals surface area contributed by atoms with E-state index in [4.69, 9.17) is 4.42 Å². The molecule has 1 unspecified atom stereocenters. The summed E-state index contributed by atoms with van der Waals surface area (Å²) in [6.45, 7) is 5.30. The van der Waals surface area contributed by atoms with Crippen molar-refractivity contribution in [1.29, 1.82) is 0 Å². The summed E-state index contributed by atoms with van der Waals surface area (Å²) in [7, 11) is 0. The smallest absolute Gasteiger partial charge is 0.300 e. The van der Waals surface area contributed by atoms with Crippen molar-refractivity contribution < 1.29 is 27.9 Å². The number of halogens is 2. The lowest BCUT2D eigenvalue weighted by Crippen LogP contribution is -2.29. The molecule has 1 aliphatic rings. The number of carbonyl (C=O) groups is 2. The Balaban J connectivity index is 1.98. The highest BCUT2D eigenvalue weighted by Gasteiger charge is 2.48. The molecule has 31 heavy (non-hydrogen) atoms. The number of amides is 1. The Morgan fingerprint density at radius 3 is 2.35 bits per heavy atom. The van der Waals surface area contributed by atoms with Gasteiger partial charge >= 0.3 is 0 Å². The van der Waals surface area contributed by atoms with Crippen LogP contribution in [0.1, 0.15) is 34.3 Å². The van der Waals surface area contributed by atoms with Gasteiger partial charge in [-0.1, -0.05) is 17.7 Å². The van der Waals surface area contributed by atoms with E-state index < -0.39 is 29.4 Å². The first-order valence-corrected chi connectivity index (χ1v) is 9.59. The molecule has 158 valence electrons. The van der Waals surface area contributed by atoms with Gasteiger partial charge in [0.15, 0.2) is 11.6 Å². The zero-order chi connectivity index (χ0) is 22.4. The summed E-state index contributed by atoms with van der Waals surface area (Å²) in [5.41, 5.74) is 1.75. The maximum absolute atomic E-state index is 13.9. The number of rotatable bonds is 3. The van der Waals surface area contributed by atoms with Crippen molar-refractivity contribution in [1.82, 2.24) is 0 Å². The first-order valence-electron chi connectivity index (χ1n) is 9.59. The summed E-state index contributed by atoms with van der Waals surface area (Å²) in [6, 6.07) is 10.4. The van der Waals surface area contributed by atoms with Gasteiger partial charge in [0, 0.05) is 17.3 Å². The van der Waals surface area contributed by atoms with Crippen LogP contribution in [0.4, 0.5) is 14.5 Å². The number of carbonyl (C=O) groups excluding carboxylic acids is 2. The summed E-state index contributed by atoms with van der Waals surface area (Å²) >= 11 is 0. The Bertz CT molecular complexity index is 1260. The van der Waals surface area contributed by atoms with Crippen molar-refractivity contribution in [3.8, 4) is 0 Å². The molecule has 0 spiro atoms. The Kier molecular flexibility index (Phi) is 4.97. The Morgan fingerprint density at radius 2 is 1.71 bits per heavy atom. The van der Waals surface area contributed by atoms with Gasteiger partial charge in [-0.05, 0) is 56.7 Å². The first-order chi connectivity index (χ1) is 14.7. The average Bonchev–Trinajstić information content (AvgIpc) is 3.27. The van der Waals surface area contributed by atoms with Crippen LogP contribution in [-0.4, -0.2) is 16.8 Å². The summed E-state index contributed by atoms with van der Waals surface area (Å²) in [5, 5.41) is 11.1. The van der Waals surface area contributed by atoms with E-state index in [9.17, 15) is 23.5 Å². The molecule has 1 amide bonds. The fourth-order valence-corrected chi connectivity index (χ4v) is 3.74. The van der Waals surface area contributed by atoms with E-state index in [0.717, 1.165) is 22.6 Å². The fraction of sp³-hybridized carbons (Fsp3) is 0.167. The number of hydrogen-bond acceptors (Lipinski definition) is 4. The van der Waals surface area contributed by atoms with Crippen molar-refractivity contribution in [2.75, 3.05) is 4.90 Å². The number of Topliss-reactive ketones (excluding diaryl/α,β-unsaturated/α-hetero) is 1. The van der Waals surface area contributed by atoms with Crippen LogP contribution in [-0.2, 0) is 9.59 Å². The number of benzene rings is 2. The number of nitrogens with zero attached hydrogens (tertiary/aromatic N) is 1. The van der Waals surface area contributed by atoms with Crippen molar-refractivity contribution in [2.24, 2.45) is 0 Å². The van der Waals surface area contributed by atoms with Gasteiger partial charge < -0.3 is 9.52 Å². The van der Waals surface area contributed by atoms with Crippen LogP contribution in [0.3, 0.4) is 0 Å². The Morgan fingerprint density at radius 1 is 0.968 bits per heavy atom. The Labute approximate surface area is 177 Å². The summed E-state index contributed by atoms with van der Waals surface area (Å²) < 4.78 is 33.1. The van der Waals surface area contributed by atoms with Gasteiger partial charge in [0.2, 0.25) is 0 Å². The van der Waals surface area contributed by atoms with Crippen molar-refractivity contribution in [2.45, 2.75) is 26.8 Å². The average molecular weight is 423 g/mol. The van der Waals surface area contributed by atoms with Crippen LogP contribution < -0.4 is 4.90 Å². The lowest BCUT2D eigenvalue weighted by Gasteiger charge is -2.23. The molecular formula is C24H19F2NO4. The van der Waals surface area contributed by atoms with Gasteiger partial charge in [0.25, 0.3) is 11.7 Å². The van der Waals surface area contributed by atoms with Gasteiger partial charge in [-0.15, -0.1) is 0 Å². The molecule has 1 atom stereocenters. The zero-order valence-corrected chi connectivity index (χ0v) is 17.1. The minimum Gasteiger partial charge on any atom is -0.507 e. The van der Waals surface area contributed by atoms with Crippen molar-refractivity contribution >= 4 is 23.1 Å². The summed E-state index contributed by atoms with van der Waals surface area (Å²) in [4.78, 5) is 27.0. The van der Waals surface area contributed by atoms with Gasteiger partial charge in [-0.25, -0.2) is 8.78 Å². The van der Waals surface area contributed by atoms with E-state index in [1.165, 1.54) is 6.07 Å². The highest BCUT2D eigenvalue weighted by molar-refractivity contribution is 6.51. The van der Waals surface area contributed by atoms with E-state index in [1.807, 2.05) is 13.0 Å². The SMILES string of the molecule is Cc1ccc(C)c(/C(O)=C2/C(=O)C(=O)N(c3ccc(F)c(F)c3)C2c2ccc(C)o2)c1. The third-order valence-electron chi connectivity index (χ3n) is 5.30. The quantitative estimate of drug-likeness (QED) is 0.361. The number of aliphatic hydroxyl groups is 1. The molecule has 3 aromatic rings. The standard InChI is InChI=1S/C24H19F2NO4/c1-12-4-5-13(2)16(10-12)22(28)20-21(19-9-6-14(3)31-19)27(24(30)23(20)29)15-7-8-17(25)18(26)11-15/h4-11,21,28H,1-3H3/b22-20-. The molecule has 1 saturated heterocycles. The molecule has 1 aromatic heterocycles. The number of aryl methyl sites for hydroxylation is 3. The topological polar surface area (TPSA) is 70.8 Å². The lowest BCUT2D eigenvalue weighted by molar-refractivity contribution is -0.132. The van der Waals surface area contributed by atoms with Crippen LogP contribution in [0.2, 0.25) is 0 Å². The van der Waals surface area contributed by atoms with E-state index in [2.05, 4.69) is 0 Å². The molecule has 7 heteroatoms. The van der Waals surface area contributed by atoms with Crippen LogP contribution in [0.5, 0.6) is 0 Å². The fourth-order valence-electron chi connectivity index (χ4n) is 3.74. The largest absolute Gasteiger partial charge is 0.507 e. The molecule has 1 aliphatic heterocycles. The third kappa shape index (κ3) is 3.42. The molecule has 5 nitrogen and oxygen atoms in total. The Hall–Kier alpha value is -3.74. The van der Waals surface area contributed by atoms with Gasteiger partial charge in [0.05, 0.1) is 5.57 Å². The maximum atomic E-state index is 13.9. The highest BCUT2D eigenvalue weighted by Crippen LogP contribution is 2.43. The monoisotopic (exact) mass is 423 g/mol. The van der Waals surface area contributed by atoms with E-state index in [1.54, 1.807) is 38.1 Å². The predicted octanol–water partition coefficient (Wildman–Crippen LogP) is 5.11. The van der Waals surface area contributed by atoms with Crippen molar-refractivity contribution in [3.05, 3.63) is 93.9 Å². The van der Waals surface area contributed by atoms with Crippen LogP contribution in [0.15, 0.2) is 58.5 Å². The number of anilines is 1. The summed E-state index contributed by atoms with van der Waals surface area (Å²) in [5.74, 6) is -3.78. The minimum atomic E-state index is -1.16. The predicted molar refractivity (Wildman–Crippen MR) is 111 cm³/mol. The van der Waals surface area contributed by atoms with Crippen LogP contribution in [0, 0.1) is 32.4 Å². The van der Waals surface area contributed by atoms with Crippen molar-refractivity contribution in [3.63, 3.8) is 0 Å². The second-order valence-corrected chi connectivity index (χ2v) is 7.53. The van der Waals surface area contributed by atoms with Gasteiger partial charge in [-0.2, -0.15) is 0 Å². The van der Waals surface area contributed by atoms with Crippen LogP contribution in [0.25, 0.3) is 5.76 Å². The van der Waals surface area contributed by atoms with Gasteiger partial charge in [-0.3, -0.25) is 14.5 Å².